The molecule has 0 radical (unpaired) electrons. The fraction of sp³-hybridized carbons (Fsp3) is 0.222. The molecule has 0 atom stereocenters. The fourth-order valence-electron chi connectivity index (χ4n) is 2.87. The fourth-order valence-corrected chi connectivity index (χ4v) is 3.31. The molecule has 0 aromatic heterocycles. The van der Waals surface area contributed by atoms with Gasteiger partial charge in [0.05, 0.1) is 10.5 Å². The normalized spacial score (nSPS) is 13.0. The summed E-state index contributed by atoms with van der Waals surface area (Å²) in [5.41, 5.74) is 1.72. The standard InChI is InChI=1S/C18H15BrN2O5/c19-15-6-2-1-5-14(15)18(23)26-11-17(22)20-9-3-4-12-10-13(21(24)25)7-8-16(12)20/h1-2,5-8,10H,3-4,9,11H2. The number of benzene rings is 2. The van der Waals surface area contributed by atoms with Crippen molar-refractivity contribution < 1.29 is 19.2 Å². The summed E-state index contributed by atoms with van der Waals surface area (Å²) in [6, 6.07) is 11.2. The molecular formula is C18H15BrN2O5. The van der Waals surface area contributed by atoms with Crippen LogP contribution >= 0.6 is 15.9 Å². The van der Waals surface area contributed by atoms with E-state index in [1.54, 1.807) is 30.3 Å². The van der Waals surface area contributed by atoms with Crippen molar-refractivity contribution in [1.82, 2.24) is 0 Å². The number of non-ortho nitro benzene ring substituents is 1. The summed E-state index contributed by atoms with van der Waals surface area (Å²) in [6.45, 7) is 0.0901. The van der Waals surface area contributed by atoms with Crippen LogP contribution in [0.5, 0.6) is 0 Å². The minimum Gasteiger partial charge on any atom is -0.452 e. The van der Waals surface area contributed by atoms with Gasteiger partial charge in [-0.1, -0.05) is 12.1 Å². The molecule has 1 aliphatic rings. The number of amides is 1. The summed E-state index contributed by atoms with van der Waals surface area (Å²) >= 11 is 3.27. The highest BCUT2D eigenvalue weighted by molar-refractivity contribution is 9.10. The van der Waals surface area contributed by atoms with Crippen molar-refractivity contribution in [2.75, 3.05) is 18.1 Å². The molecule has 26 heavy (non-hydrogen) atoms. The number of aryl methyl sites for hydroxylation is 1. The lowest BCUT2D eigenvalue weighted by Gasteiger charge is -2.29. The van der Waals surface area contributed by atoms with Gasteiger partial charge in [0.2, 0.25) is 0 Å². The molecular weight excluding hydrogens is 404 g/mol. The summed E-state index contributed by atoms with van der Waals surface area (Å²) in [4.78, 5) is 36.6. The number of hydrogen-bond donors (Lipinski definition) is 0. The number of carbonyl (C=O) groups is 2. The molecule has 8 heteroatoms. The van der Waals surface area contributed by atoms with Crippen molar-refractivity contribution in [3.8, 4) is 0 Å². The van der Waals surface area contributed by atoms with Gasteiger partial charge >= 0.3 is 5.97 Å². The molecule has 0 saturated carbocycles. The second-order valence-electron chi connectivity index (χ2n) is 5.78. The van der Waals surface area contributed by atoms with E-state index in [-0.39, 0.29) is 11.6 Å². The minimum atomic E-state index is -0.591. The first-order valence-electron chi connectivity index (χ1n) is 7.96. The number of hydrogen-bond acceptors (Lipinski definition) is 5. The first-order valence-corrected chi connectivity index (χ1v) is 8.76. The van der Waals surface area contributed by atoms with Crippen LogP contribution in [0.2, 0.25) is 0 Å². The number of nitrogens with zero attached hydrogens (tertiary/aromatic N) is 2. The van der Waals surface area contributed by atoms with Crippen LogP contribution in [-0.4, -0.2) is 30.0 Å². The van der Waals surface area contributed by atoms with E-state index in [2.05, 4.69) is 15.9 Å². The number of halogens is 1. The number of anilines is 1. The first-order chi connectivity index (χ1) is 12.5. The molecule has 3 rings (SSSR count). The smallest absolute Gasteiger partial charge is 0.339 e. The predicted octanol–water partition coefficient (Wildman–Crippen LogP) is 3.49. The van der Waals surface area contributed by atoms with E-state index in [4.69, 9.17) is 4.74 Å². The van der Waals surface area contributed by atoms with Crippen LogP contribution in [0.3, 0.4) is 0 Å². The Balaban J connectivity index is 1.71. The molecule has 0 aliphatic carbocycles. The van der Waals surface area contributed by atoms with Gasteiger partial charge in [-0.15, -0.1) is 0 Å². The average Bonchev–Trinajstić information content (AvgIpc) is 2.65. The molecule has 0 unspecified atom stereocenters. The van der Waals surface area contributed by atoms with Crippen LogP contribution in [0, 0.1) is 10.1 Å². The van der Waals surface area contributed by atoms with E-state index in [1.165, 1.54) is 17.0 Å². The van der Waals surface area contributed by atoms with E-state index < -0.39 is 17.5 Å². The van der Waals surface area contributed by atoms with Gasteiger partial charge in [-0.3, -0.25) is 14.9 Å². The van der Waals surface area contributed by atoms with Gasteiger partial charge < -0.3 is 9.64 Å². The number of ether oxygens (including phenoxy) is 1. The first kappa shape index (κ1) is 18.1. The number of nitro groups is 1. The molecule has 2 aromatic carbocycles. The molecule has 0 bridgehead atoms. The van der Waals surface area contributed by atoms with Crippen LogP contribution in [0.4, 0.5) is 11.4 Å². The molecule has 0 N–H and O–H groups in total. The summed E-state index contributed by atoms with van der Waals surface area (Å²) in [6.07, 6.45) is 1.36. The van der Waals surface area contributed by atoms with E-state index in [1.807, 2.05) is 0 Å². The molecule has 134 valence electrons. The lowest BCUT2D eigenvalue weighted by Crippen LogP contribution is -2.38. The van der Waals surface area contributed by atoms with Gasteiger partial charge in [-0.2, -0.15) is 0 Å². The van der Waals surface area contributed by atoms with Gasteiger partial charge in [0.15, 0.2) is 6.61 Å². The predicted molar refractivity (Wildman–Crippen MR) is 98.2 cm³/mol. The Morgan fingerprint density at radius 1 is 1.23 bits per heavy atom. The third kappa shape index (κ3) is 3.75. The topological polar surface area (TPSA) is 89.8 Å². The van der Waals surface area contributed by atoms with Crippen LogP contribution in [0.1, 0.15) is 22.3 Å². The van der Waals surface area contributed by atoms with Gasteiger partial charge in [-0.25, -0.2) is 4.79 Å². The Hall–Kier alpha value is -2.74. The van der Waals surface area contributed by atoms with Crippen molar-refractivity contribution in [3.05, 3.63) is 68.2 Å². The second kappa shape index (κ2) is 7.65. The van der Waals surface area contributed by atoms with Gasteiger partial charge in [0, 0.05) is 28.8 Å². The van der Waals surface area contributed by atoms with Crippen molar-refractivity contribution in [2.45, 2.75) is 12.8 Å². The summed E-state index contributed by atoms with van der Waals surface area (Å²) in [5, 5.41) is 10.9. The minimum absolute atomic E-state index is 0.00148. The summed E-state index contributed by atoms with van der Waals surface area (Å²) < 4.78 is 5.72. The summed E-state index contributed by atoms with van der Waals surface area (Å²) in [5.74, 6) is -0.952. The number of carbonyl (C=O) groups excluding carboxylic acids is 2. The highest BCUT2D eigenvalue weighted by Crippen LogP contribution is 2.30. The number of esters is 1. The maximum atomic E-state index is 12.5. The Morgan fingerprint density at radius 3 is 2.73 bits per heavy atom. The maximum Gasteiger partial charge on any atom is 0.339 e. The molecule has 7 nitrogen and oxygen atoms in total. The van der Waals surface area contributed by atoms with E-state index in [0.717, 1.165) is 5.56 Å². The van der Waals surface area contributed by atoms with Crippen LogP contribution in [0.25, 0.3) is 0 Å². The molecule has 0 saturated heterocycles. The van der Waals surface area contributed by atoms with Crippen LogP contribution in [-0.2, 0) is 16.0 Å². The van der Waals surface area contributed by atoms with E-state index >= 15 is 0 Å². The van der Waals surface area contributed by atoms with Gasteiger partial charge in [-0.05, 0) is 52.5 Å². The SMILES string of the molecule is O=C(OCC(=O)N1CCCc2cc([N+](=O)[O-])ccc21)c1ccccc1Br. The number of rotatable bonds is 4. The van der Waals surface area contributed by atoms with Crippen molar-refractivity contribution in [2.24, 2.45) is 0 Å². The Bertz CT molecular complexity index is 884. The third-order valence-corrected chi connectivity index (χ3v) is 4.81. The zero-order chi connectivity index (χ0) is 18.7. The van der Waals surface area contributed by atoms with Gasteiger partial charge in [0.1, 0.15) is 0 Å². The van der Waals surface area contributed by atoms with Gasteiger partial charge in [0.25, 0.3) is 11.6 Å². The van der Waals surface area contributed by atoms with Crippen LogP contribution < -0.4 is 4.90 Å². The lowest BCUT2D eigenvalue weighted by molar-refractivity contribution is -0.384. The molecule has 1 heterocycles. The number of nitro benzene ring substituents is 1. The maximum absolute atomic E-state index is 12.5. The molecule has 1 amide bonds. The Morgan fingerprint density at radius 2 is 2.00 bits per heavy atom. The zero-order valence-corrected chi connectivity index (χ0v) is 15.3. The average molecular weight is 419 g/mol. The molecule has 0 spiro atoms. The lowest BCUT2D eigenvalue weighted by atomic mass is 10.0. The van der Waals surface area contributed by atoms with Crippen molar-refractivity contribution >= 4 is 39.2 Å². The largest absolute Gasteiger partial charge is 0.452 e. The number of fused-ring (bicyclic) bond motifs is 1. The molecule has 0 fully saturated rings. The van der Waals surface area contributed by atoms with E-state index in [9.17, 15) is 19.7 Å². The highest BCUT2D eigenvalue weighted by Gasteiger charge is 2.25. The summed E-state index contributed by atoms with van der Waals surface area (Å²) in [7, 11) is 0. The zero-order valence-electron chi connectivity index (χ0n) is 13.7. The molecule has 1 aliphatic heterocycles. The highest BCUT2D eigenvalue weighted by atomic mass is 79.9. The monoisotopic (exact) mass is 418 g/mol. The van der Waals surface area contributed by atoms with Crippen molar-refractivity contribution in [1.29, 1.82) is 0 Å². The quantitative estimate of drug-likeness (QED) is 0.430. The Kier molecular flexibility index (Phi) is 5.32. The second-order valence-corrected chi connectivity index (χ2v) is 6.63. The third-order valence-electron chi connectivity index (χ3n) is 4.11. The Labute approximate surface area is 157 Å². The van der Waals surface area contributed by atoms with E-state index in [0.29, 0.717) is 35.1 Å². The van der Waals surface area contributed by atoms with Crippen molar-refractivity contribution in [3.63, 3.8) is 0 Å². The van der Waals surface area contributed by atoms with Crippen LogP contribution in [0.15, 0.2) is 46.9 Å². The molecule has 2 aromatic rings.